The van der Waals surface area contributed by atoms with Crippen molar-refractivity contribution in [3.8, 4) is 11.8 Å². The lowest BCUT2D eigenvalue weighted by Crippen LogP contribution is -2.33. The molecule has 0 saturated carbocycles. The van der Waals surface area contributed by atoms with Crippen LogP contribution in [0.2, 0.25) is 0 Å². The third-order valence-electron chi connectivity index (χ3n) is 2.86. The summed E-state index contributed by atoms with van der Waals surface area (Å²) in [5.74, 6) is 5.26. The summed E-state index contributed by atoms with van der Waals surface area (Å²) in [7, 11) is 0. The number of thiophene rings is 1. The van der Waals surface area contributed by atoms with Crippen LogP contribution in [-0.2, 0) is 0 Å². The quantitative estimate of drug-likeness (QED) is 0.820. The highest BCUT2D eigenvalue weighted by Crippen LogP contribution is 2.19. The average Bonchev–Trinajstić information content (AvgIpc) is 2.82. The lowest BCUT2D eigenvalue weighted by Gasteiger charge is -2.22. The van der Waals surface area contributed by atoms with Crippen LogP contribution in [0.4, 0.5) is 0 Å². The minimum Gasteiger partial charge on any atom is -0.384 e. The first-order valence-electron chi connectivity index (χ1n) is 5.95. The standard InChI is InChI=1S/C14H19NO2S/c1-4-14(2,3)10-15-13(17)12-11(6-5-8-16)7-9-18-12/h7,9,16H,4,8,10H2,1-3H3,(H,15,17). The van der Waals surface area contributed by atoms with Crippen LogP contribution in [0.3, 0.4) is 0 Å². The molecule has 0 spiro atoms. The van der Waals surface area contributed by atoms with Gasteiger partial charge in [0.2, 0.25) is 0 Å². The number of carbonyl (C=O) groups excluding carboxylic acids is 1. The van der Waals surface area contributed by atoms with E-state index < -0.39 is 0 Å². The van der Waals surface area contributed by atoms with E-state index >= 15 is 0 Å². The van der Waals surface area contributed by atoms with E-state index in [1.165, 1.54) is 11.3 Å². The van der Waals surface area contributed by atoms with Crippen molar-refractivity contribution in [1.29, 1.82) is 0 Å². The van der Waals surface area contributed by atoms with Crippen LogP contribution < -0.4 is 5.32 Å². The van der Waals surface area contributed by atoms with Gasteiger partial charge in [0.25, 0.3) is 5.91 Å². The van der Waals surface area contributed by atoms with E-state index in [0.717, 1.165) is 6.42 Å². The van der Waals surface area contributed by atoms with Crippen molar-refractivity contribution in [1.82, 2.24) is 5.32 Å². The highest BCUT2D eigenvalue weighted by molar-refractivity contribution is 7.12. The van der Waals surface area contributed by atoms with Crippen molar-refractivity contribution < 1.29 is 9.90 Å². The molecule has 1 aromatic heterocycles. The molecular formula is C14H19NO2S. The monoisotopic (exact) mass is 265 g/mol. The summed E-state index contributed by atoms with van der Waals surface area (Å²) in [5.41, 5.74) is 0.782. The summed E-state index contributed by atoms with van der Waals surface area (Å²) < 4.78 is 0. The topological polar surface area (TPSA) is 49.3 Å². The number of rotatable bonds is 4. The summed E-state index contributed by atoms with van der Waals surface area (Å²) in [5, 5.41) is 13.4. The van der Waals surface area contributed by atoms with Crippen LogP contribution in [0, 0.1) is 17.3 Å². The highest BCUT2D eigenvalue weighted by Gasteiger charge is 2.18. The van der Waals surface area contributed by atoms with Gasteiger partial charge in [0, 0.05) is 12.1 Å². The van der Waals surface area contributed by atoms with E-state index in [-0.39, 0.29) is 17.9 Å². The molecule has 98 valence electrons. The lowest BCUT2D eigenvalue weighted by molar-refractivity contribution is 0.0939. The van der Waals surface area contributed by atoms with Crippen molar-refractivity contribution >= 4 is 17.2 Å². The Labute approximate surface area is 112 Å². The molecule has 0 radical (unpaired) electrons. The molecule has 0 atom stereocenters. The zero-order valence-electron chi connectivity index (χ0n) is 11.0. The molecule has 0 aromatic carbocycles. The molecule has 1 rings (SSSR count). The Kier molecular flexibility index (Phi) is 5.39. The van der Waals surface area contributed by atoms with Gasteiger partial charge in [-0.25, -0.2) is 0 Å². The van der Waals surface area contributed by atoms with Crippen LogP contribution in [0.15, 0.2) is 11.4 Å². The Morgan fingerprint density at radius 3 is 2.89 bits per heavy atom. The second kappa shape index (κ2) is 6.58. The minimum atomic E-state index is -0.195. The number of aliphatic hydroxyl groups is 1. The Morgan fingerprint density at radius 2 is 2.28 bits per heavy atom. The number of carbonyl (C=O) groups is 1. The van der Waals surface area contributed by atoms with Gasteiger partial charge in [0.05, 0.1) is 0 Å². The molecule has 1 amide bonds. The molecule has 2 N–H and O–H groups in total. The number of hydrogen-bond acceptors (Lipinski definition) is 3. The second-order valence-corrected chi connectivity index (χ2v) is 5.74. The summed E-state index contributed by atoms with van der Waals surface area (Å²) >= 11 is 1.37. The summed E-state index contributed by atoms with van der Waals surface area (Å²) in [6, 6.07) is 1.80. The van der Waals surface area contributed by atoms with Gasteiger partial charge in [-0.1, -0.05) is 32.6 Å². The molecule has 0 aliphatic carbocycles. The molecule has 1 aromatic rings. The Balaban J connectivity index is 2.71. The number of aliphatic hydroxyl groups excluding tert-OH is 1. The number of hydrogen-bond donors (Lipinski definition) is 2. The Hall–Kier alpha value is -1.31. The van der Waals surface area contributed by atoms with Crippen LogP contribution in [0.1, 0.15) is 42.4 Å². The van der Waals surface area contributed by atoms with Crippen molar-refractivity contribution in [3.63, 3.8) is 0 Å². The van der Waals surface area contributed by atoms with E-state index in [2.05, 4.69) is 37.9 Å². The normalized spacial score (nSPS) is 10.7. The van der Waals surface area contributed by atoms with Crippen molar-refractivity contribution in [2.75, 3.05) is 13.2 Å². The van der Waals surface area contributed by atoms with Gasteiger partial charge in [0.15, 0.2) is 0 Å². The van der Waals surface area contributed by atoms with Gasteiger partial charge in [-0.3, -0.25) is 4.79 Å². The fraction of sp³-hybridized carbons (Fsp3) is 0.500. The molecule has 0 unspecified atom stereocenters. The zero-order valence-corrected chi connectivity index (χ0v) is 11.9. The van der Waals surface area contributed by atoms with Crippen molar-refractivity contribution in [2.24, 2.45) is 5.41 Å². The second-order valence-electron chi connectivity index (χ2n) is 4.82. The molecule has 4 heteroatoms. The SMILES string of the molecule is CCC(C)(C)CNC(=O)c1sccc1C#CCO. The van der Waals surface area contributed by atoms with E-state index in [1.54, 1.807) is 6.07 Å². The van der Waals surface area contributed by atoms with E-state index in [4.69, 9.17) is 5.11 Å². The summed E-state index contributed by atoms with van der Waals surface area (Å²) in [6.07, 6.45) is 1.01. The first kappa shape index (κ1) is 14.7. The molecule has 0 aliphatic heterocycles. The Morgan fingerprint density at radius 1 is 1.56 bits per heavy atom. The van der Waals surface area contributed by atoms with E-state index in [1.807, 2.05) is 5.38 Å². The molecule has 0 saturated heterocycles. The highest BCUT2D eigenvalue weighted by atomic mass is 32.1. The molecule has 0 fully saturated rings. The maximum atomic E-state index is 12.0. The van der Waals surface area contributed by atoms with Crippen molar-refractivity contribution in [3.05, 3.63) is 21.9 Å². The van der Waals surface area contributed by atoms with Gasteiger partial charge in [-0.05, 0) is 23.3 Å². The third-order valence-corrected chi connectivity index (χ3v) is 3.77. The first-order chi connectivity index (χ1) is 8.50. The van der Waals surface area contributed by atoms with E-state index in [9.17, 15) is 4.79 Å². The molecule has 1 heterocycles. The smallest absolute Gasteiger partial charge is 0.262 e. The maximum Gasteiger partial charge on any atom is 0.262 e. The molecular weight excluding hydrogens is 246 g/mol. The first-order valence-corrected chi connectivity index (χ1v) is 6.83. The van der Waals surface area contributed by atoms with Crippen LogP contribution in [0.25, 0.3) is 0 Å². The minimum absolute atomic E-state index is 0.0891. The zero-order chi connectivity index (χ0) is 13.6. The van der Waals surface area contributed by atoms with Gasteiger partial charge >= 0.3 is 0 Å². The Bertz CT molecular complexity index is 466. The number of amides is 1. The number of nitrogens with one attached hydrogen (secondary N) is 1. The largest absolute Gasteiger partial charge is 0.384 e. The van der Waals surface area contributed by atoms with Crippen LogP contribution in [-0.4, -0.2) is 24.2 Å². The molecule has 18 heavy (non-hydrogen) atoms. The van der Waals surface area contributed by atoms with Gasteiger partial charge in [-0.15, -0.1) is 11.3 Å². The lowest BCUT2D eigenvalue weighted by atomic mass is 9.90. The fourth-order valence-electron chi connectivity index (χ4n) is 1.24. The van der Waals surface area contributed by atoms with Gasteiger partial charge in [0.1, 0.15) is 11.5 Å². The van der Waals surface area contributed by atoms with Crippen LogP contribution >= 0.6 is 11.3 Å². The summed E-state index contributed by atoms with van der Waals surface area (Å²) in [4.78, 5) is 12.6. The third kappa shape index (κ3) is 4.17. The molecule has 3 nitrogen and oxygen atoms in total. The maximum absolute atomic E-state index is 12.0. The van der Waals surface area contributed by atoms with Gasteiger partial charge in [-0.2, -0.15) is 0 Å². The molecule has 0 bridgehead atoms. The average molecular weight is 265 g/mol. The van der Waals surface area contributed by atoms with Gasteiger partial charge < -0.3 is 10.4 Å². The predicted molar refractivity (Wildman–Crippen MR) is 74.7 cm³/mol. The predicted octanol–water partition coefficient (Wildman–Crippen LogP) is 2.26. The van der Waals surface area contributed by atoms with Crippen LogP contribution in [0.5, 0.6) is 0 Å². The summed E-state index contributed by atoms with van der Waals surface area (Å²) in [6.45, 7) is 6.80. The van der Waals surface area contributed by atoms with Crippen molar-refractivity contribution in [2.45, 2.75) is 27.2 Å². The van der Waals surface area contributed by atoms with E-state index in [0.29, 0.717) is 17.0 Å². The molecule has 0 aliphatic rings. The fourth-order valence-corrected chi connectivity index (χ4v) is 2.01.